The number of hydrogen-bond acceptors (Lipinski definition) is 3. The Bertz CT molecular complexity index is 889. The molecule has 0 aliphatic carbocycles. The molecule has 1 atom stereocenters. The molecule has 1 amide bonds. The molecule has 0 unspecified atom stereocenters. The second-order valence-electron chi connectivity index (χ2n) is 7.41. The van der Waals surface area contributed by atoms with Gasteiger partial charge in [0.25, 0.3) is 0 Å². The van der Waals surface area contributed by atoms with Gasteiger partial charge in [-0.3, -0.25) is 4.79 Å². The van der Waals surface area contributed by atoms with Gasteiger partial charge in [0.15, 0.2) is 0 Å². The summed E-state index contributed by atoms with van der Waals surface area (Å²) in [6.07, 6.45) is 4.27. The minimum atomic E-state index is -3.53. The molecular weight excluding hydrogens is 372 g/mol. The van der Waals surface area contributed by atoms with Crippen molar-refractivity contribution in [2.24, 2.45) is 0 Å². The average Bonchev–Trinajstić information content (AvgIpc) is 2.99. The highest BCUT2D eigenvalue weighted by molar-refractivity contribution is 7.89. The number of anilines is 1. The first-order chi connectivity index (χ1) is 13.5. The van der Waals surface area contributed by atoms with E-state index >= 15 is 0 Å². The topological polar surface area (TPSA) is 66.5 Å². The van der Waals surface area contributed by atoms with E-state index in [4.69, 9.17) is 0 Å². The molecule has 3 rings (SSSR count). The van der Waals surface area contributed by atoms with E-state index < -0.39 is 10.0 Å². The van der Waals surface area contributed by atoms with Crippen LogP contribution >= 0.6 is 0 Å². The Hall–Kier alpha value is -2.18. The second-order valence-corrected chi connectivity index (χ2v) is 9.35. The Morgan fingerprint density at radius 1 is 1.00 bits per heavy atom. The monoisotopic (exact) mass is 400 g/mol. The quantitative estimate of drug-likeness (QED) is 0.782. The van der Waals surface area contributed by atoms with Gasteiger partial charge in [0, 0.05) is 25.2 Å². The fraction of sp³-hybridized carbons (Fsp3) is 0.409. The highest BCUT2D eigenvalue weighted by Crippen LogP contribution is 2.24. The van der Waals surface area contributed by atoms with Crippen LogP contribution in [0, 0.1) is 0 Å². The lowest BCUT2D eigenvalue weighted by atomic mass is 9.97. The normalized spacial score (nSPS) is 16.9. The lowest BCUT2D eigenvalue weighted by molar-refractivity contribution is -0.116. The van der Waals surface area contributed by atoms with Crippen LogP contribution in [0.4, 0.5) is 5.69 Å². The van der Waals surface area contributed by atoms with Crippen LogP contribution in [0.5, 0.6) is 0 Å². The van der Waals surface area contributed by atoms with Crippen molar-refractivity contribution in [1.82, 2.24) is 4.31 Å². The third-order valence-electron chi connectivity index (χ3n) is 5.18. The molecule has 2 aromatic carbocycles. The van der Waals surface area contributed by atoms with Crippen LogP contribution in [-0.2, 0) is 14.8 Å². The van der Waals surface area contributed by atoms with Crippen LogP contribution in [0.3, 0.4) is 0 Å². The maximum atomic E-state index is 13.0. The molecule has 1 heterocycles. The van der Waals surface area contributed by atoms with Gasteiger partial charge < -0.3 is 5.32 Å². The highest BCUT2D eigenvalue weighted by Gasteiger charge is 2.25. The lowest BCUT2D eigenvalue weighted by Gasteiger charge is -2.20. The molecule has 0 spiro atoms. The zero-order valence-electron chi connectivity index (χ0n) is 16.3. The summed E-state index contributed by atoms with van der Waals surface area (Å²) in [5.74, 6) is -0.0362. The lowest BCUT2D eigenvalue weighted by Crippen LogP contribution is -2.32. The third-order valence-corrected chi connectivity index (χ3v) is 7.08. The van der Waals surface area contributed by atoms with Gasteiger partial charge in [-0.1, -0.05) is 56.2 Å². The predicted octanol–water partition coefficient (Wildman–Crippen LogP) is 4.38. The second kappa shape index (κ2) is 9.34. The number of nitrogens with zero attached hydrogens (tertiary/aromatic N) is 1. The number of carbonyl (C=O) groups excluding carboxylic acids is 1. The SMILES string of the molecule is C[C@@H](CC(=O)Nc1cccc(S(=O)(=O)N2CCCCCC2)c1)c1ccccc1. The van der Waals surface area contributed by atoms with Gasteiger partial charge in [0.2, 0.25) is 15.9 Å². The van der Waals surface area contributed by atoms with E-state index in [9.17, 15) is 13.2 Å². The van der Waals surface area contributed by atoms with E-state index in [0.717, 1.165) is 31.2 Å². The van der Waals surface area contributed by atoms with Crippen molar-refractivity contribution in [3.63, 3.8) is 0 Å². The first-order valence-electron chi connectivity index (χ1n) is 9.92. The summed E-state index contributed by atoms with van der Waals surface area (Å²) in [7, 11) is -3.53. The van der Waals surface area contributed by atoms with Gasteiger partial charge in [-0.25, -0.2) is 8.42 Å². The molecule has 2 aromatic rings. The molecule has 5 nitrogen and oxygen atoms in total. The maximum Gasteiger partial charge on any atom is 0.243 e. The molecule has 0 radical (unpaired) electrons. The minimum Gasteiger partial charge on any atom is -0.326 e. The van der Waals surface area contributed by atoms with E-state index in [1.165, 1.54) is 0 Å². The maximum absolute atomic E-state index is 13.0. The van der Waals surface area contributed by atoms with Crippen molar-refractivity contribution in [3.8, 4) is 0 Å². The van der Waals surface area contributed by atoms with E-state index in [0.29, 0.717) is 25.2 Å². The molecule has 0 aromatic heterocycles. The fourth-order valence-corrected chi connectivity index (χ4v) is 5.12. The summed E-state index contributed by atoms with van der Waals surface area (Å²) in [5.41, 5.74) is 1.62. The van der Waals surface area contributed by atoms with Crippen LogP contribution in [0.25, 0.3) is 0 Å². The molecule has 1 fully saturated rings. The molecule has 1 aliphatic heterocycles. The Morgan fingerprint density at radius 3 is 2.36 bits per heavy atom. The molecule has 1 saturated heterocycles. The zero-order chi connectivity index (χ0) is 20.0. The van der Waals surface area contributed by atoms with Crippen LogP contribution in [0.2, 0.25) is 0 Å². The van der Waals surface area contributed by atoms with E-state index in [1.807, 2.05) is 37.3 Å². The minimum absolute atomic E-state index is 0.0882. The average molecular weight is 401 g/mol. The molecule has 0 saturated carbocycles. The Labute approximate surface area is 167 Å². The summed E-state index contributed by atoms with van der Waals surface area (Å²) in [4.78, 5) is 12.7. The van der Waals surface area contributed by atoms with E-state index in [2.05, 4.69) is 5.32 Å². The largest absolute Gasteiger partial charge is 0.326 e. The number of benzene rings is 2. The Kier molecular flexibility index (Phi) is 6.86. The van der Waals surface area contributed by atoms with Crippen molar-refractivity contribution < 1.29 is 13.2 Å². The first kappa shape index (κ1) is 20.6. The van der Waals surface area contributed by atoms with Crippen molar-refractivity contribution in [3.05, 3.63) is 60.2 Å². The number of rotatable bonds is 6. The third kappa shape index (κ3) is 5.20. The van der Waals surface area contributed by atoms with Gasteiger partial charge in [0.05, 0.1) is 4.90 Å². The van der Waals surface area contributed by atoms with Gasteiger partial charge in [-0.05, 0) is 42.5 Å². The van der Waals surface area contributed by atoms with Crippen LogP contribution < -0.4 is 5.32 Å². The zero-order valence-corrected chi connectivity index (χ0v) is 17.1. The molecule has 1 N–H and O–H groups in total. The standard InChI is InChI=1S/C22H28N2O3S/c1-18(19-10-5-4-6-11-19)16-22(25)23-20-12-9-13-21(17-20)28(26,27)24-14-7-2-3-8-15-24/h4-6,9-13,17-18H,2-3,7-8,14-16H2,1H3,(H,23,25)/t18-/m0/s1. The van der Waals surface area contributed by atoms with Crippen LogP contribution in [-0.4, -0.2) is 31.7 Å². The number of carbonyl (C=O) groups is 1. The van der Waals surface area contributed by atoms with Crippen molar-refractivity contribution in [2.45, 2.75) is 49.8 Å². The molecule has 28 heavy (non-hydrogen) atoms. The first-order valence-corrected chi connectivity index (χ1v) is 11.4. The molecular formula is C22H28N2O3S. The number of sulfonamides is 1. The molecule has 150 valence electrons. The van der Waals surface area contributed by atoms with Crippen LogP contribution in [0.1, 0.15) is 50.5 Å². The predicted molar refractivity (Wildman–Crippen MR) is 112 cm³/mol. The van der Waals surface area contributed by atoms with E-state index in [1.54, 1.807) is 28.6 Å². The smallest absolute Gasteiger partial charge is 0.243 e. The summed E-state index contributed by atoms with van der Waals surface area (Å²) in [6.45, 7) is 3.14. The summed E-state index contributed by atoms with van der Waals surface area (Å²) >= 11 is 0. The van der Waals surface area contributed by atoms with Crippen molar-refractivity contribution in [2.75, 3.05) is 18.4 Å². The van der Waals surface area contributed by atoms with Gasteiger partial charge in [-0.15, -0.1) is 0 Å². The Balaban J connectivity index is 1.68. The number of nitrogens with one attached hydrogen (secondary N) is 1. The summed E-state index contributed by atoms with van der Waals surface area (Å²) in [5, 5.41) is 2.85. The summed E-state index contributed by atoms with van der Waals surface area (Å²) in [6, 6.07) is 16.5. The van der Waals surface area contributed by atoms with Gasteiger partial charge in [-0.2, -0.15) is 4.31 Å². The molecule has 1 aliphatic rings. The van der Waals surface area contributed by atoms with Crippen molar-refractivity contribution in [1.29, 1.82) is 0 Å². The fourth-order valence-electron chi connectivity index (χ4n) is 3.55. The van der Waals surface area contributed by atoms with Gasteiger partial charge >= 0.3 is 0 Å². The van der Waals surface area contributed by atoms with Gasteiger partial charge in [0.1, 0.15) is 0 Å². The summed E-state index contributed by atoms with van der Waals surface area (Å²) < 4.78 is 27.5. The van der Waals surface area contributed by atoms with Crippen molar-refractivity contribution >= 4 is 21.6 Å². The highest BCUT2D eigenvalue weighted by atomic mass is 32.2. The molecule has 6 heteroatoms. The Morgan fingerprint density at radius 2 is 1.68 bits per heavy atom. The number of amides is 1. The number of hydrogen-bond donors (Lipinski definition) is 1. The molecule has 0 bridgehead atoms. The van der Waals surface area contributed by atoms with E-state index in [-0.39, 0.29) is 16.7 Å². The van der Waals surface area contributed by atoms with Crippen LogP contribution in [0.15, 0.2) is 59.5 Å².